The Morgan fingerprint density at radius 3 is 2.00 bits per heavy atom. The third kappa shape index (κ3) is 5.88. The second kappa shape index (κ2) is 10.3. The molecule has 0 unspecified atom stereocenters. The maximum Gasteiger partial charge on any atom is 0.255 e. The molecule has 2 amide bonds. The van der Waals surface area contributed by atoms with Crippen molar-refractivity contribution in [2.75, 3.05) is 23.3 Å². The number of benzene rings is 2. The topological polar surface area (TPSA) is 74.3 Å². The van der Waals surface area contributed by atoms with Crippen molar-refractivity contribution < 1.29 is 9.59 Å². The average molecular weight is 471 g/mol. The monoisotopic (exact) mass is 470 g/mol. The number of rotatable bonds is 5. The standard InChI is InChI=1S/C29H34N4O2/c1-18-10-19(2)13-23(12-18)26-16-30-17-27(32-29(35)24-14-20(3)11-21(4)15-24)28(26)33-8-6-25(7-9-33)31-22(5)34/h10-17,25H,6-9H2,1-5H3,(H,31,34)(H,32,35). The Labute approximate surface area is 207 Å². The Kier molecular flexibility index (Phi) is 7.20. The molecule has 35 heavy (non-hydrogen) atoms. The molecular weight excluding hydrogens is 436 g/mol. The first-order chi connectivity index (χ1) is 16.7. The van der Waals surface area contributed by atoms with Gasteiger partial charge in [-0.1, -0.05) is 46.5 Å². The van der Waals surface area contributed by atoms with Gasteiger partial charge in [-0.15, -0.1) is 0 Å². The van der Waals surface area contributed by atoms with E-state index in [1.54, 1.807) is 13.1 Å². The number of aromatic nitrogens is 1. The molecular formula is C29H34N4O2. The van der Waals surface area contributed by atoms with Crippen LogP contribution in [0.15, 0.2) is 48.8 Å². The maximum atomic E-state index is 13.3. The summed E-state index contributed by atoms with van der Waals surface area (Å²) in [4.78, 5) is 31.6. The highest BCUT2D eigenvalue weighted by Crippen LogP contribution is 2.39. The minimum atomic E-state index is -0.148. The Hall–Kier alpha value is -3.67. The number of amides is 2. The fourth-order valence-corrected chi connectivity index (χ4v) is 5.06. The first-order valence-corrected chi connectivity index (χ1v) is 12.2. The van der Waals surface area contributed by atoms with Gasteiger partial charge in [-0.3, -0.25) is 14.6 Å². The van der Waals surface area contributed by atoms with E-state index in [9.17, 15) is 9.59 Å². The lowest BCUT2D eigenvalue weighted by atomic mass is 9.97. The van der Waals surface area contributed by atoms with Gasteiger partial charge in [0.05, 0.1) is 17.6 Å². The van der Waals surface area contributed by atoms with E-state index in [0.717, 1.165) is 53.9 Å². The van der Waals surface area contributed by atoms with Crippen LogP contribution in [0.3, 0.4) is 0 Å². The van der Waals surface area contributed by atoms with E-state index < -0.39 is 0 Å². The van der Waals surface area contributed by atoms with Crippen molar-refractivity contribution >= 4 is 23.2 Å². The average Bonchev–Trinajstić information content (AvgIpc) is 2.78. The fraction of sp³-hybridized carbons (Fsp3) is 0.345. The van der Waals surface area contributed by atoms with E-state index in [-0.39, 0.29) is 17.9 Å². The van der Waals surface area contributed by atoms with E-state index in [0.29, 0.717) is 11.3 Å². The lowest BCUT2D eigenvalue weighted by Crippen LogP contribution is -2.44. The number of pyridine rings is 1. The molecule has 2 aromatic carbocycles. The highest BCUT2D eigenvalue weighted by Gasteiger charge is 2.25. The van der Waals surface area contributed by atoms with Gasteiger partial charge in [-0.05, 0) is 58.2 Å². The van der Waals surface area contributed by atoms with Crippen LogP contribution < -0.4 is 15.5 Å². The molecule has 0 saturated carbocycles. The lowest BCUT2D eigenvalue weighted by Gasteiger charge is -2.36. The molecule has 1 aliphatic heterocycles. The molecule has 3 aromatic rings. The van der Waals surface area contributed by atoms with Crippen molar-refractivity contribution in [3.05, 3.63) is 76.6 Å². The molecule has 6 nitrogen and oxygen atoms in total. The number of nitrogens with one attached hydrogen (secondary N) is 2. The Balaban J connectivity index is 1.73. The van der Waals surface area contributed by atoms with Crippen LogP contribution in [0.2, 0.25) is 0 Å². The van der Waals surface area contributed by atoms with Crippen LogP contribution in [0, 0.1) is 27.7 Å². The van der Waals surface area contributed by atoms with Gasteiger partial charge in [0.15, 0.2) is 0 Å². The van der Waals surface area contributed by atoms with Crippen molar-refractivity contribution in [3.8, 4) is 11.1 Å². The van der Waals surface area contributed by atoms with Crippen LogP contribution >= 0.6 is 0 Å². The number of nitrogens with zero attached hydrogens (tertiary/aromatic N) is 2. The van der Waals surface area contributed by atoms with Crippen molar-refractivity contribution in [3.63, 3.8) is 0 Å². The second-order valence-electron chi connectivity index (χ2n) is 9.75. The molecule has 0 atom stereocenters. The zero-order valence-electron chi connectivity index (χ0n) is 21.2. The SMILES string of the molecule is CC(=O)NC1CCN(c2c(NC(=O)c3cc(C)cc(C)c3)cncc2-c2cc(C)cc(C)c2)CC1. The van der Waals surface area contributed by atoms with Crippen LogP contribution in [0.4, 0.5) is 11.4 Å². The Morgan fingerprint density at radius 2 is 1.43 bits per heavy atom. The number of aryl methyl sites for hydroxylation is 4. The summed E-state index contributed by atoms with van der Waals surface area (Å²) in [5.74, 6) is -0.143. The van der Waals surface area contributed by atoms with Gasteiger partial charge in [0.25, 0.3) is 5.91 Å². The summed E-state index contributed by atoms with van der Waals surface area (Å²) in [5.41, 5.74) is 8.85. The summed E-state index contributed by atoms with van der Waals surface area (Å²) < 4.78 is 0. The predicted octanol–water partition coefficient (Wildman–Crippen LogP) is 5.34. The highest BCUT2D eigenvalue weighted by atomic mass is 16.2. The number of hydrogen-bond donors (Lipinski definition) is 2. The molecule has 2 N–H and O–H groups in total. The third-order valence-corrected chi connectivity index (χ3v) is 6.40. The predicted molar refractivity (Wildman–Crippen MR) is 142 cm³/mol. The van der Waals surface area contributed by atoms with Crippen molar-refractivity contribution in [2.45, 2.75) is 53.5 Å². The molecule has 4 rings (SSSR count). The fourth-order valence-electron chi connectivity index (χ4n) is 5.06. The first kappa shape index (κ1) is 24.5. The first-order valence-electron chi connectivity index (χ1n) is 12.2. The van der Waals surface area contributed by atoms with Crippen molar-refractivity contribution in [2.24, 2.45) is 0 Å². The van der Waals surface area contributed by atoms with E-state index in [4.69, 9.17) is 0 Å². The van der Waals surface area contributed by atoms with Crippen molar-refractivity contribution in [1.82, 2.24) is 10.3 Å². The Morgan fingerprint density at radius 1 is 0.857 bits per heavy atom. The van der Waals surface area contributed by atoms with Crippen molar-refractivity contribution in [1.29, 1.82) is 0 Å². The second-order valence-corrected chi connectivity index (χ2v) is 9.75. The minimum absolute atomic E-state index is 0.00434. The van der Waals surface area contributed by atoms with Gasteiger partial charge in [0, 0.05) is 43.4 Å². The summed E-state index contributed by atoms with van der Waals surface area (Å²) in [5, 5.41) is 6.19. The zero-order valence-corrected chi connectivity index (χ0v) is 21.2. The molecule has 1 fully saturated rings. The summed E-state index contributed by atoms with van der Waals surface area (Å²) in [6.45, 7) is 11.3. The maximum absolute atomic E-state index is 13.3. The molecule has 1 aliphatic rings. The van der Waals surface area contributed by atoms with E-state index in [1.807, 2.05) is 32.2 Å². The molecule has 0 radical (unpaired) electrons. The van der Waals surface area contributed by atoms with Gasteiger partial charge >= 0.3 is 0 Å². The number of hydrogen-bond acceptors (Lipinski definition) is 4. The van der Waals surface area contributed by atoms with E-state index in [2.05, 4.69) is 58.6 Å². The molecule has 1 aromatic heterocycles. The van der Waals surface area contributed by atoms with E-state index in [1.165, 1.54) is 11.1 Å². The molecule has 2 heterocycles. The van der Waals surface area contributed by atoms with Gasteiger partial charge in [-0.25, -0.2) is 0 Å². The summed E-state index contributed by atoms with van der Waals surface area (Å²) in [6.07, 6.45) is 5.31. The number of piperidine rings is 1. The van der Waals surface area contributed by atoms with Gasteiger partial charge in [0.2, 0.25) is 5.91 Å². The van der Waals surface area contributed by atoms with Crippen LogP contribution in [-0.2, 0) is 4.79 Å². The van der Waals surface area contributed by atoms with Crippen LogP contribution in [-0.4, -0.2) is 35.9 Å². The summed E-state index contributed by atoms with van der Waals surface area (Å²) in [6, 6.07) is 12.5. The van der Waals surface area contributed by atoms with E-state index >= 15 is 0 Å². The largest absolute Gasteiger partial charge is 0.369 e. The number of carbonyl (C=O) groups excluding carboxylic acids is 2. The normalized spacial score (nSPS) is 14.0. The molecule has 0 aliphatic carbocycles. The molecule has 0 bridgehead atoms. The number of carbonyl (C=O) groups is 2. The van der Waals surface area contributed by atoms with Gasteiger partial charge in [-0.2, -0.15) is 0 Å². The molecule has 6 heteroatoms. The van der Waals surface area contributed by atoms with Crippen LogP contribution in [0.25, 0.3) is 11.1 Å². The smallest absolute Gasteiger partial charge is 0.255 e. The van der Waals surface area contributed by atoms with Gasteiger partial charge < -0.3 is 15.5 Å². The highest BCUT2D eigenvalue weighted by molar-refractivity contribution is 6.07. The van der Waals surface area contributed by atoms with Crippen LogP contribution in [0.1, 0.15) is 52.4 Å². The molecule has 182 valence electrons. The molecule has 0 spiro atoms. The quantitative estimate of drug-likeness (QED) is 0.528. The summed E-state index contributed by atoms with van der Waals surface area (Å²) >= 11 is 0. The van der Waals surface area contributed by atoms with Crippen LogP contribution in [0.5, 0.6) is 0 Å². The minimum Gasteiger partial charge on any atom is -0.369 e. The zero-order chi connectivity index (χ0) is 25.1. The number of anilines is 2. The summed E-state index contributed by atoms with van der Waals surface area (Å²) in [7, 11) is 0. The molecule has 1 saturated heterocycles. The third-order valence-electron chi connectivity index (χ3n) is 6.40. The Bertz CT molecular complexity index is 1220. The van der Waals surface area contributed by atoms with Gasteiger partial charge in [0.1, 0.15) is 0 Å². The lowest BCUT2D eigenvalue weighted by molar-refractivity contribution is -0.119.